The zero-order chi connectivity index (χ0) is 34.9. The molecule has 0 aliphatic rings. The number of para-hydroxylation sites is 1. The predicted octanol–water partition coefficient (Wildman–Crippen LogP) is 14.1. The van der Waals surface area contributed by atoms with E-state index in [9.17, 15) is 0 Å². The molecule has 0 amide bonds. The Labute approximate surface area is 306 Å². The van der Waals surface area contributed by atoms with Crippen molar-refractivity contribution in [3.05, 3.63) is 194 Å². The fraction of sp³-hybridized carbons (Fsp3) is 0. The van der Waals surface area contributed by atoms with E-state index in [1.165, 1.54) is 49.3 Å². The SMILES string of the molecule is c1ccc(-c2ccc3c(c2)oc2cc(N(c4ccc5ccc6c(-c7ccccc7)c7ccccc7n6c5c4)c4cccc5ccccc45)ccc23)cc1. The third-order valence-electron chi connectivity index (χ3n) is 10.7. The van der Waals surface area contributed by atoms with Crippen LogP contribution in [0.2, 0.25) is 0 Å². The molecular formula is C50H32N2O. The van der Waals surface area contributed by atoms with Crippen LogP contribution in [0.1, 0.15) is 0 Å². The molecule has 0 aliphatic heterocycles. The van der Waals surface area contributed by atoms with Gasteiger partial charge in [0.05, 0.1) is 22.2 Å². The van der Waals surface area contributed by atoms with E-state index in [0.717, 1.165) is 50.1 Å². The van der Waals surface area contributed by atoms with Gasteiger partial charge in [0.25, 0.3) is 0 Å². The minimum atomic E-state index is 0.861. The van der Waals surface area contributed by atoms with Crippen molar-refractivity contribution >= 4 is 77.1 Å². The van der Waals surface area contributed by atoms with Crippen molar-refractivity contribution in [3.63, 3.8) is 0 Å². The number of nitrogens with zero attached hydrogens (tertiary/aromatic N) is 2. The minimum absolute atomic E-state index is 0.861. The molecular weight excluding hydrogens is 645 g/mol. The van der Waals surface area contributed by atoms with E-state index in [1.54, 1.807) is 0 Å². The Bertz CT molecular complexity index is 3170. The number of anilines is 3. The summed E-state index contributed by atoms with van der Waals surface area (Å²) in [6.45, 7) is 0. The minimum Gasteiger partial charge on any atom is -0.456 e. The number of hydrogen-bond donors (Lipinski definition) is 0. The molecule has 248 valence electrons. The molecule has 0 saturated carbocycles. The molecule has 8 aromatic carbocycles. The van der Waals surface area contributed by atoms with Gasteiger partial charge in [0.2, 0.25) is 0 Å². The molecule has 0 saturated heterocycles. The standard InChI is InChI=1S/C50H32N2O/c1-3-12-33(13-4-1)37-23-27-41-42-28-26-39(32-49(42)53-48(41)30-37)51(44-21-11-17-34-14-7-8-18-40(34)44)38-25-22-35-24-29-46-50(36-15-5-2-6-16-36)43-19-9-10-20-45(43)52(46)47(35)31-38/h1-32H. The van der Waals surface area contributed by atoms with Gasteiger partial charge in [-0.15, -0.1) is 0 Å². The average Bonchev–Trinajstić information content (AvgIpc) is 3.77. The average molecular weight is 677 g/mol. The molecule has 0 spiro atoms. The Morgan fingerprint density at radius 2 is 1.00 bits per heavy atom. The van der Waals surface area contributed by atoms with E-state index >= 15 is 0 Å². The summed E-state index contributed by atoms with van der Waals surface area (Å²) in [5.74, 6) is 0. The number of hydrogen-bond acceptors (Lipinski definition) is 2. The molecule has 0 aliphatic carbocycles. The maximum atomic E-state index is 6.65. The number of rotatable bonds is 5. The second kappa shape index (κ2) is 11.7. The molecule has 0 fully saturated rings. The smallest absolute Gasteiger partial charge is 0.137 e. The Kier molecular flexibility index (Phi) is 6.55. The van der Waals surface area contributed by atoms with Crippen LogP contribution >= 0.6 is 0 Å². The first-order valence-corrected chi connectivity index (χ1v) is 18.1. The first-order chi connectivity index (χ1) is 26.3. The number of furan rings is 1. The topological polar surface area (TPSA) is 20.8 Å². The molecule has 0 bridgehead atoms. The summed E-state index contributed by atoms with van der Waals surface area (Å²) < 4.78 is 9.09. The van der Waals surface area contributed by atoms with E-state index in [1.807, 2.05) is 6.07 Å². The summed E-state index contributed by atoms with van der Waals surface area (Å²) >= 11 is 0. The van der Waals surface area contributed by atoms with Gasteiger partial charge in [0, 0.05) is 44.5 Å². The van der Waals surface area contributed by atoms with Crippen LogP contribution < -0.4 is 4.90 Å². The van der Waals surface area contributed by atoms with E-state index in [2.05, 4.69) is 197 Å². The van der Waals surface area contributed by atoms with Gasteiger partial charge in [-0.25, -0.2) is 0 Å². The summed E-state index contributed by atoms with van der Waals surface area (Å²) in [7, 11) is 0. The quantitative estimate of drug-likeness (QED) is 0.181. The monoisotopic (exact) mass is 676 g/mol. The third kappa shape index (κ3) is 4.68. The first kappa shape index (κ1) is 29.6. The van der Waals surface area contributed by atoms with Crippen molar-refractivity contribution in [2.24, 2.45) is 0 Å². The molecule has 3 nitrogen and oxygen atoms in total. The van der Waals surface area contributed by atoms with Crippen molar-refractivity contribution < 1.29 is 4.42 Å². The van der Waals surface area contributed by atoms with Gasteiger partial charge in [-0.05, 0) is 82.1 Å². The van der Waals surface area contributed by atoms with E-state index < -0.39 is 0 Å². The van der Waals surface area contributed by atoms with Gasteiger partial charge in [0.15, 0.2) is 0 Å². The number of pyridine rings is 1. The van der Waals surface area contributed by atoms with Gasteiger partial charge in [-0.3, -0.25) is 0 Å². The van der Waals surface area contributed by atoms with Gasteiger partial charge < -0.3 is 13.7 Å². The molecule has 3 heterocycles. The maximum Gasteiger partial charge on any atom is 0.137 e. The highest BCUT2D eigenvalue weighted by atomic mass is 16.3. The van der Waals surface area contributed by atoms with E-state index in [4.69, 9.17) is 4.42 Å². The predicted molar refractivity (Wildman–Crippen MR) is 223 cm³/mol. The van der Waals surface area contributed by atoms with Crippen LogP contribution in [-0.4, -0.2) is 4.40 Å². The number of fused-ring (bicyclic) bond motifs is 9. The summed E-state index contributed by atoms with van der Waals surface area (Å²) in [4.78, 5) is 2.38. The second-order valence-corrected chi connectivity index (χ2v) is 13.7. The third-order valence-corrected chi connectivity index (χ3v) is 10.7. The normalized spacial score (nSPS) is 11.8. The Balaban J connectivity index is 1.15. The molecule has 3 aromatic heterocycles. The Morgan fingerprint density at radius 3 is 1.85 bits per heavy atom. The largest absolute Gasteiger partial charge is 0.456 e. The second-order valence-electron chi connectivity index (χ2n) is 13.7. The highest BCUT2D eigenvalue weighted by Gasteiger charge is 2.20. The lowest BCUT2D eigenvalue weighted by Gasteiger charge is -2.27. The van der Waals surface area contributed by atoms with Crippen LogP contribution in [0, 0.1) is 0 Å². The maximum absolute atomic E-state index is 6.65. The van der Waals surface area contributed by atoms with Gasteiger partial charge >= 0.3 is 0 Å². The van der Waals surface area contributed by atoms with Gasteiger partial charge in [-0.2, -0.15) is 0 Å². The van der Waals surface area contributed by atoms with Crippen LogP contribution in [0.4, 0.5) is 17.1 Å². The van der Waals surface area contributed by atoms with Crippen LogP contribution in [0.3, 0.4) is 0 Å². The van der Waals surface area contributed by atoms with Crippen LogP contribution in [0.5, 0.6) is 0 Å². The van der Waals surface area contributed by atoms with Crippen LogP contribution in [0.15, 0.2) is 199 Å². The lowest BCUT2D eigenvalue weighted by atomic mass is 10.0. The van der Waals surface area contributed by atoms with Gasteiger partial charge in [0.1, 0.15) is 11.2 Å². The number of aromatic nitrogens is 1. The van der Waals surface area contributed by atoms with Gasteiger partial charge in [-0.1, -0.05) is 133 Å². The molecule has 0 atom stereocenters. The fourth-order valence-electron chi connectivity index (χ4n) is 8.31. The van der Waals surface area contributed by atoms with E-state index in [-0.39, 0.29) is 0 Å². The zero-order valence-electron chi connectivity index (χ0n) is 28.8. The molecule has 53 heavy (non-hydrogen) atoms. The molecule has 3 heteroatoms. The molecule has 0 N–H and O–H groups in total. The molecule has 11 aromatic rings. The summed E-state index contributed by atoms with van der Waals surface area (Å²) in [6, 6.07) is 69.7. The summed E-state index contributed by atoms with van der Waals surface area (Å²) in [5.41, 5.74) is 13.3. The molecule has 0 radical (unpaired) electrons. The summed E-state index contributed by atoms with van der Waals surface area (Å²) in [6.07, 6.45) is 0. The first-order valence-electron chi connectivity index (χ1n) is 18.1. The lowest BCUT2D eigenvalue weighted by molar-refractivity contribution is 0.669. The van der Waals surface area contributed by atoms with Crippen molar-refractivity contribution in [2.45, 2.75) is 0 Å². The van der Waals surface area contributed by atoms with Crippen molar-refractivity contribution in [1.29, 1.82) is 0 Å². The fourth-order valence-corrected chi connectivity index (χ4v) is 8.31. The van der Waals surface area contributed by atoms with Crippen molar-refractivity contribution in [1.82, 2.24) is 4.40 Å². The summed E-state index contributed by atoms with van der Waals surface area (Å²) in [5, 5.41) is 7.02. The zero-order valence-corrected chi connectivity index (χ0v) is 28.8. The lowest BCUT2D eigenvalue weighted by Crippen LogP contribution is -2.10. The Hall–Kier alpha value is -7.10. The molecule has 11 rings (SSSR count). The van der Waals surface area contributed by atoms with Crippen LogP contribution in [-0.2, 0) is 0 Å². The van der Waals surface area contributed by atoms with Crippen molar-refractivity contribution in [3.8, 4) is 22.3 Å². The highest BCUT2D eigenvalue weighted by Crippen LogP contribution is 2.44. The number of benzene rings is 8. The molecule has 0 unspecified atom stereocenters. The highest BCUT2D eigenvalue weighted by molar-refractivity contribution is 6.10. The Morgan fingerprint density at radius 1 is 0.358 bits per heavy atom. The van der Waals surface area contributed by atoms with Crippen molar-refractivity contribution in [2.75, 3.05) is 4.90 Å². The van der Waals surface area contributed by atoms with E-state index in [0.29, 0.717) is 0 Å². The van der Waals surface area contributed by atoms with Crippen LogP contribution in [0.25, 0.3) is 82.3 Å².